The Morgan fingerprint density at radius 1 is 1.24 bits per heavy atom. The highest BCUT2D eigenvalue weighted by Gasteiger charge is 2.42. The normalized spacial score (nSPS) is 20.0. The molecule has 0 radical (unpaired) electrons. The number of rotatable bonds is 8. The summed E-state index contributed by atoms with van der Waals surface area (Å²) in [6.45, 7) is 5.60. The van der Waals surface area contributed by atoms with E-state index in [1.165, 1.54) is 13.2 Å². The molecule has 202 valence electrons. The third-order valence-electron chi connectivity index (χ3n) is 5.16. The van der Waals surface area contributed by atoms with Crippen molar-refractivity contribution in [3.05, 3.63) is 56.8 Å². The molecule has 0 N–H and O–H groups in total. The van der Waals surface area contributed by atoms with E-state index >= 15 is 0 Å². The maximum absolute atomic E-state index is 13.7. The van der Waals surface area contributed by atoms with Crippen molar-refractivity contribution in [1.82, 2.24) is 9.13 Å². The maximum atomic E-state index is 13.7. The van der Waals surface area contributed by atoms with Gasteiger partial charge in [0.1, 0.15) is 31.3 Å². The van der Waals surface area contributed by atoms with Gasteiger partial charge in [-0.1, -0.05) is 11.8 Å². The number of hydrogen-bond donors (Lipinski definition) is 0. The molecular formula is C24H27F3N2O8. The summed E-state index contributed by atoms with van der Waals surface area (Å²) in [7, 11) is 1.41. The van der Waals surface area contributed by atoms with Crippen LogP contribution in [-0.2, 0) is 25.1 Å². The summed E-state index contributed by atoms with van der Waals surface area (Å²) < 4.78 is 68.2. The molecule has 10 nitrogen and oxygen atoms in total. The Hall–Kier alpha value is -3.18. The number of aromatic nitrogens is 2. The lowest BCUT2D eigenvalue weighted by Gasteiger charge is -2.19. The topological polar surface area (TPSA) is 111 Å². The molecule has 0 unspecified atom stereocenters. The van der Waals surface area contributed by atoms with Gasteiger partial charge in [-0.3, -0.25) is 14.2 Å². The molecule has 3 atom stereocenters. The van der Waals surface area contributed by atoms with E-state index in [0.717, 1.165) is 12.3 Å². The zero-order chi connectivity index (χ0) is 27.4. The number of halogens is 3. The number of furan rings is 1. The average Bonchev–Trinajstić information content (AvgIpc) is 3.46. The first kappa shape index (κ1) is 28.4. The highest BCUT2D eigenvalue weighted by atomic mass is 19.4. The van der Waals surface area contributed by atoms with Crippen LogP contribution in [0.25, 0.3) is 0 Å². The molecule has 1 aliphatic rings. The van der Waals surface area contributed by atoms with E-state index in [-0.39, 0.29) is 36.4 Å². The minimum Gasteiger partial charge on any atom is -0.459 e. The van der Waals surface area contributed by atoms with Gasteiger partial charge < -0.3 is 23.4 Å². The number of carbonyl (C=O) groups is 1. The fourth-order valence-corrected chi connectivity index (χ4v) is 3.56. The van der Waals surface area contributed by atoms with Gasteiger partial charge in [0, 0.05) is 25.1 Å². The Kier molecular flexibility index (Phi) is 8.80. The summed E-state index contributed by atoms with van der Waals surface area (Å²) >= 11 is 0. The van der Waals surface area contributed by atoms with Crippen LogP contribution in [0.1, 0.15) is 49.5 Å². The summed E-state index contributed by atoms with van der Waals surface area (Å²) in [5.74, 6) is 4.04. The number of ether oxygens (including phenoxy) is 4. The number of hydrogen-bond acceptors (Lipinski definition) is 8. The van der Waals surface area contributed by atoms with Gasteiger partial charge in [-0.15, -0.1) is 0 Å². The van der Waals surface area contributed by atoms with Gasteiger partial charge in [0.15, 0.2) is 5.76 Å². The summed E-state index contributed by atoms with van der Waals surface area (Å²) in [5.41, 5.74) is -5.13. The van der Waals surface area contributed by atoms with Crippen LogP contribution < -0.4 is 11.2 Å². The molecule has 0 amide bonds. The van der Waals surface area contributed by atoms with Crippen molar-refractivity contribution >= 4 is 5.91 Å². The first-order valence-corrected chi connectivity index (χ1v) is 11.2. The number of alkyl halides is 3. The Morgan fingerprint density at radius 3 is 2.57 bits per heavy atom. The molecule has 2 aromatic rings. The Labute approximate surface area is 209 Å². The number of carbonyl (C=O) groups excluding carboxylic acids is 1. The Balaban J connectivity index is 1.99. The zero-order valence-corrected chi connectivity index (χ0v) is 20.7. The molecule has 1 aliphatic heterocycles. The first-order valence-electron chi connectivity index (χ1n) is 11.2. The van der Waals surface area contributed by atoms with Gasteiger partial charge in [-0.25, -0.2) is 4.79 Å². The molecule has 2 aromatic heterocycles. The molecule has 0 saturated carbocycles. The van der Waals surface area contributed by atoms with E-state index in [0.29, 0.717) is 10.8 Å². The quantitative estimate of drug-likeness (QED) is 0.292. The van der Waals surface area contributed by atoms with E-state index in [4.69, 9.17) is 23.4 Å². The zero-order valence-electron chi connectivity index (χ0n) is 20.7. The second-order valence-corrected chi connectivity index (χ2v) is 9.20. The molecule has 0 bridgehead atoms. The fourth-order valence-electron chi connectivity index (χ4n) is 3.56. The van der Waals surface area contributed by atoms with Crippen LogP contribution in [0.5, 0.6) is 0 Å². The standard InChI is InChI=1S/C24H27F3N2O8/c1-23(2,3)8-6-10-36-17-11-19(37-18(17)13-34-14-33-4)28-12-15(24(25,26)27)20(30)29(22(28)32)21(31)16-7-5-9-35-16/h5,7,9,12,17-19H,10-11,13-14H2,1-4H3/t17-,18+,19+/m0/s1. The van der Waals surface area contributed by atoms with Gasteiger partial charge in [0.05, 0.1) is 19.0 Å². The van der Waals surface area contributed by atoms with Crippen LogP contribution in [0, 0.1) is 17.3 Å². The molecule has 13 heteroatoms. The van der Waals surface area contributed by atoms with Crippen molar-refractivity contribution in [2.75, 3.05) is 27.1 Å². The largest absolute Gasteiger partial charge is 0.459 e. The maximum Gasteiger partial charge on any atom is 0.423 e. The molecule has 3 heterocycles. The van der Waals surface area contributed by atoms with Gasteiger partial charge in [0.2, 0.25) is 0 Å². The minimum atomic E-state index is -5.16. The predicted molar refractivity (Wildman–Crippen MR) is 122 cm³/mol. The summed E-state index contributed by atoms with van der Waals surface area (Å²) in [6.07, 6.45) is -6.65. The minimum absolute atomic E-state index is 0.00201. The summed E-state index contributed by atoms with van der Waals surface area (Å²) in [4.78, 5) is 38.4. The van der Waals surface area contributed by atoms with E-state index < -0.39 is 53.1 Å². The van der Waals surface area contributed by atoms with Crippen molar-refractivity contribution in [3.8, 4) is 11.8 Å². The Morgan fingerprint density at radius 2 is 1.97 bits per heavy atom. The fraction of sp³-hybridized carbons (Fsp3) is 0.542. The summed E-state index contributed by atoms with van der Waals surface area (Å²) in [6, 6.07) is 2.41. The highest BCUT2D eigenvalue weighted by molar-refractivity contribution is 5.93. The van der Waals surface area contributed by atoms with Gasteiger partial charge in [-0.05, 0) is 32.9 Å². The van der Waals surface area contributed by atoms with E-state index in [1.54, 1.807) is 0 Å². The lowest BCUT2D eigenvalue weighted by atomic mass is 9.98. The molecular weight excluding hydrogens is 501 g/mol. The molecule has 0 aromatic carbocycles. The van der Waals surface area contributed by atoms with E-state index in [2.05, 4.69) is 11.8 Å². The SMILES string of the molecule is COCOC[C@H]1O[C@@H](n2cc(C(F)(F)F)c(=O)n(C(=O)c3ccco3)c2=O)C[C@@H]1OCC#CC(C)(C)C. The Bertz CT molecular complexity index is 1260. The highest BCUT2D eigenvalue weighted by Crippen LogP contribution is 2.32. The first-order chi connectivity index (χ1) is 17.3. The monoisotopic (exact) mass is 528 g/mol. The van der Waals surface area contributed by atoms with Gasteiger partial charge >= 0.3 is 17.8 Å². The van der Waals surface area contributed by atoms with Crippen molar-refractivity contribution in [1.29, 1.82) is 0 Å². The lowest BCUT2D eigenvalue weighted by Crippen LogP contribution is -2.47. The van der Waals surface area contributed by atoms with Crippen molar-refractivity contribution in [3.63, 3.8) is 0 Å². The van der Waals surface area contributed by atoms with E-state index in [9.17, 15) is 27.6 Å². The molecule has 3 rings (SSSR count). The van der Waals surface area contributed by atoms with Crippen molar-refractivity contribution in [2.45, 2.75) is 51.8 Å². The average molecular weight is 528 g/mol. The third-order valence-corrected chi connectivity index (χ3v) is 5.16. The smallest absolute Gasteiger partial charge is 0.423 e. The van der Waals surface area contributed by atoms with Crippen molar-refractivity contribution < 1.29 is 41.3 Å². The molecule has 37 heavy (non-hydrogen) atoms. The number of nitrogens with zero attached hydrogens (tertiary/aromatic N) is 2. The van der Waals surface area contributed by atoms with E-state index in [1.807, 2.05) is 20.8 Å². The van der Waals surface area contributed by atoms with Gasteiger partial charge in [-0.2, -0.15) is 17.7 Å². The van der Waals surface area contributed by atoms with Crippen molar-refractivity contribution in [2.24, 2.45) is 5.41 Å². The molecule has 0 spiro atoms. The van der Waals surface area contributed by atoms with Crippen LogP contribution in [0.15, 0.2) is 38.6 Å². The molecule has 0 aliphatic carbocycles. The van der Waals surface area contributed by atoms with Crippen LogP contribution in [0.3, 0.4) is 0 Å². The third kappa shape index (κ3) is 6.98. The molecule has 1 saturated heterocycles. The summed E-state index contributed by atoms with van der Waals surface area (Å²) in [5, 5.41) is 0. The van der Waals surface area contributed by atoms with Crippen LogP contribution in [0.2, 0.25) is 0 Å². The van der Waals surface area contributed by atoms with Crippen LogP contribution in [0.4, 0.5) is 13.2 Å². The second kappa shape index (κ2) is 11.5. The van der Waals surface area contributed by atoms with Crippen LogP contribution in [-0.4, -0.2) is 54.4 Å². The lowest BCUT2D eigenvalue weighted by molar-refractivity contribution is -0.140. The predicted octanol–water partition coefficient (Wildman–Crippen LogP) is 2.65. The number of methoxy groups -OCH3 is 1. The van der Waals surface area contributed by atoms with Gasteiger partial charge in [0.25, 0.3) is 5.56 Å². The van der Waals surface area contributed by atoms with Crippen LogP contribution >= 0.6 is 0 Å². The molecule has 1 fully saturated rings. The second-order valence-electron chi connectivity index (χ2n) is 9.20.